The number of carbonyl (C=O) groups is 1. The molecule has 4 fully saturated rings. The molecule has 3 aliphatic heterocycles. The van der Waals surface area contributed by atoms with Crippen LogP contribution in [0, 0.1) is 0 Å². The van der Waals surface area contributed by atoms with Crippen LogP contribution in [0.1, 0.15) is 58.3 Å². The van der Waals surface area contributed by atoms with Crippen molar-refractivity contribution in [3.8, 4) is 5.75 Å². The molecule has 1 aromatic carbocycles. The second-order valence-corrected chi connectivity index (χ2v) is 10.2. The summed E-state index contributed by atoms with van der Waals surface area (Å²) in [6, 6.07) is 9.28. The number of nitrogens with zero attached hydrogens (tertiary/aromatic N) is 3. The minimum atomic E-state index is -2.54. The molecule has 7 heteroatoms. The normalized spacial score (nSPS) is 33.5. The highest BCUT2D eigenvalue weighted by atomic mass is 19.3. The highest BCUT2D eigenvalue weighted by Gasteiger charge is 2.39. The molecule has 176 valence electrons. The van der Waals surface area contributed by atoms with Crippen molar-refractivity contribution >= 4 is 11.6 Å². The van der Waals surface area contributed by atoms with E-state index in [2.05, 4.69) is 16.7 Å². The predicted molar refractivity (Wildman–Crippen MR) is 120 cm³/mol. The van der Waals surface area contributed by atoms with Crippen LogP contribution < -0.4 is 9.64 Å². The number of anilines is 1. The van der Waals surface area contributed by atoms with Crippen LogP contribution in [0.2, 0.25) is 0 Å². The van der Waals surface area contributed by atoms with Gasteiger partial charge in [-0.05, 0) is 57.0 Å². The molecule has 1 amide bonds. The number of hydrogen-bond acceptors (Lipinski definition) is 4. The smallest absolute Gasteiger partial charge is 0.250 e. The van der Waals surface area contributed by atoms with Crippen molar-refractivity contribution in [2.45, 2.75) is 88.4 Å². The van der Waals surface area contributed by atoms with Gasteiger partial charge in [0.1, 0.15) is 11.9 Å². The fourth-order valence-electron chi connectivity index (χ4n) is 5.91. The van der Waals surface area contributed by atoms with Crippen molar-refractivity contribution < 1.29 is 18.3 Å². The molecule has 0 unspecified atom stereocenters. The Morgan fingerprint density at radius 2 is 1.78 bits per heavy atom. The van der Waals surface area contributed by atoms with Crippen LogP contribution in [0.5, 0.6) is 5.75 Å². The molecule has 0 spiro atoms. The van der Waals surface area contributed by atoms with Crippen molar-refractivity contribution in [2.75, 3.05) is 31.1 Å². The Hall–Kier alpha value is -1.73. The minimum Gasteiger partial charge on any atom is -0.490 e. The first-order chi connectivity index (χ1) is 15.4. The van der Waals surface area contributed by atoms with Crippen molar-refractivity contribution in [1.29, 1.82) is 0 Å². The molecule has 0 bridgehead atoms. The Morgan fingerprint density at radius 3 is 2.44 bits per heavy atom. The van der Waals surface area contributed by atoms with Crippen LogP contribution in [-0.4, -0.2) is 72.0 Å². The van der Waals surface area contributed by atoms with Gasteiger partial charge < -0.3 is 14.5 Å². The molecule has 2 atom stereocenters. The zero-order chi connectivity index (χ0) is 22.3. The minimum absolute atomic E-state index is 0.0517. The number of alkyl halides is 2. The van der Waals surface area contributed by atoms with Gasteiger partial charge in [-0.2, -0.15) is 0 Å². The van der Waals surface area contributed by atoms with Crippen LogP contribution in [0.15, 0.2) is 24.3 Å². The van der Waals surface area contributed by atoms with E-state index in [0.717, 1.165) is 30.7 Å². The predicted octanol–water partition coefficient (Wildman–Crippen LogP) is 4.31. The summed E-state index contributed by atoms with van der Waals surface area (Å²) >= 11 is 0. The summed E-state index contributed by atoms with van der Waals surface area (Å²) in [7, 11) is 0. The van der Waals surface area contributed by atoms with E-state index in [4.69, 9.17) is 4.74 Å². The third-order valence-corrected chi connectivity index (χ3v) is 7.94. The maximum atomic E-state index is 13.5. The van der Waals surface area contributed by atoms with Gasteiger partial charge in [0.05, 0.1) is 6.04 Å². The van der Waals surface area contributed by atoms with Crippen LogP contribution in [-0.2, 0) is 4.79 Å². The van der Waals surface area contributed by atoms with Crippen molar-refractivity contribution in [1.82, 2.24) is 9.80 Å². The van der Waals surface area contributed by atoms with Gasteiger partial charge in [0.25, 0.3) is 5.92 Å². The topological polar surface area (TPSA) is 36.0 Å². The van der Waals surface area contributed by atoms with E-state index in [1.54, 1.807) is 0 Å². The summed E-state index contributed by atoms with van der Waals surface area (Å²) in [5.41, 5.74) is 0.879. The number of amides is 1. The van der Waals surface area contributed by atoms with E-state index in [1.807, 2.05) is 29.2 Å². The first kappa shape index (κ1) is 22.1. The van der Waals surface area contributed by atoms with Crippen LogP contribution >= 0.6 is 0 Å². The lowest BCUT2D eigenvalue weighted by molar-refractivity contribution is -0.117. The van der Waals surface area contributed by atoms with Crippen molar-refractivity contribution in [2.24, 2.45) is 0 Å². The molecule has 32 heavy (non-hydrogen) atoms. The first-order valence-electron chi connectivity index (χ1n) is 12.3. The van der Waals surface area contributed by atoms with Gasteiger partial charge >= 0.3 is 0 Å². The third-order valence-electron chi connectivity index (χ3n) is 7.94. The average Bonchev–Trinajstić information content (AvgIpc) is 3.32. The zero-order valence-electron chi connectivity index (χ0n) is 19.0. The van der Waals surface area contributed by atoms with E-state index in [9.17, 15) is 13.6 Å². The molecular formula is C25H35F2N3O2. The van der Waals surface area contributed by atoms with Crippen LogP contribution in [0.25, 0.3) is 0 Å². The third kappa shape index (κ3) is 4.65. The molecule has 1 aliphatic carbocycles. The van der Waals surface area contributed by atoms with E-state index in [1.165, 1.54) is 19.4 Å². The molecular weight excluding hydrogens is 412 g/mol. The van der Waals surface area contributed by atoms with Crippen molar-refractivity contribution in [3.63, 3.8) is 0 Å². The van der Waals surface area contributed by atoms with Crippen LogP contribution in [0.3, 0.4) is 0 Å². The number of piperidine rings is 1. The molecule has 0 radical (unpaired) electrons. The molecule has 5 rings (SSSR count). The Balaban J connectivity index is 1.15. The first-order valence-corrected chi connectivity index (χ1v) is 12.3. The lowest BCUT2D eigenvalue weighted by Crippen LogP contribution is -2.50. The highest BCUT2D eigenvalue weighted by Crippen LogP contribution is 2.35. The fourth-order valence-corrected chi connectivity index (χ4v) is 5.91. The Bertz CT molecular complexity index is 802. The van der Waals surface area contributed by atoms with E-state index >= 15 is 0 Å². The maximum Gasteiger partial charge on any atom is 0.250 e. The molecule has 5 nitrogen and oxygen atoms in total. The monoisotopic (exact) mass is 447 g/mol. The Morgan fingerprint density at radius 1 is 1.06 bits per heavy atom. The zero-order valence-corrected chi connectivity index (χ0v) is 19.0. The molecule has 4 aliphatic rings. The molecule has 1 aromatic rings. The van der Waals surface area contributed by atoms with E-state index < -0.39 is 5.92 Å². The lowest BCUT2D eigenvalue weighted by Gasteiger charge is -2.42. The van der Waals surface area contributed by atoms with Gasteiger partial charge in [0, 0.05) is 69.5 Å². The number of ether oxygens (including phenoxy) is 1. The summed E-state index contributed by atoms with van der Waals surface area (Å²) in [4.78, 5) is 19.2. The molecule has 3 saturated heterocycles. The van der Waals surface area contributed by atoms with Gasteiger partial charge in [-0.25, -0.2) is 8.78 Å². The summed E-state index contributed by atoms with van der Waals surface area (Å²) in [5, 5.41) is 0. The summed E-state index contributed by atoms with van der Waals surface area (Å²) in [6.45, 7) is 5.01. The Kier molecular flexibility index (Phi) is 6.14. The summed E-state index contributed by atoms with van der Waals surface area (Å²) < 4.78 is 33.1. The molecule has 1 saturated carbocycles. The van der Waals surface area contributed by atoms with Gasteiger partial charge in [-0.3, -0.25) is 9.69 Å². The SMILES string of the molecule is C[C@H]1CCCN1[C@H]1C[C@H](Oc2ccc(N3C(=O)CC[C@H]3CN3CCC(F)(F)CC3)cc2)C1. The average molecular weight is 448 g/mol. The Labute approximate surface area is 189 Å². The second-order valence-electron chi connectivity index (χ2n) is 10.2. The number of likely N-dealkylation sites (tertiary alicyclic amines) is 2. The largest absolute Gasteiger partial charge is 0.490 e. The molecule has 0 aromatic heterocycles. The molecule has 0 N–H and O–H groups in total. The number of hydrogen-bond donors (Lipinski definition) is 0. The van der Waals surface area contributed by atoms with E-state index in [0.29, 0.717) is 38.1 Å². The highest BCUT2D eigenvalue weighted by molar-refractivity contribution is 5.96. The van der Waals surface area contributed by atoms with Gasteiger partial charge in [0.2, 0.25) is 5.91 Å². The molecule has 3 heterocycles. The summed E-state index contributed by atoms with van der Waals surface area (Å²) in [6.07, 6.45) is 6.21. The maximum absolute atomic E-state index is 13.5. The van der Waals surface area contributed by atoms with E-state index in [-0.39, 0.29) is 30.9 Å². The number of rotatable bonds is 6. The number of halogens is 2. The lowest BCUT2D eigenvalue weighted by atomic mass is 9.87. The van der Waals surface area contributed by atoms with Gasteiger partial charge in [-0.15, -0.1) is 0 Å². The quantitative estimate of drug-likeness (QED) is 0.651. The van der Waals surface area contributed by atoms with Gasteiger partial charge in [0.15, 0.2) is 0 Å². The standard InChI is InChI=1S/C25H35F2N3O2/c1-18-3-2-12-29(18)21-15-23(16-21)32-22-7-4-19(5-8-22)30-20(6-9-24(30)31)17-28-13-10-25(26,27)11-14-28/h4-5,7-8,18,20-21,23H,2-3,6,9-17H2,1H3/t18-,20-,21-,23-/m0/s1. The number of carbonyl (C=O) groups excluding carboxylic acids is 1. The number of benzene rings is 1. The van der Waals surface area contributed by atoms with Crippen molar-refractivity contribution in [3.05, 3.63) is 24.3 Å². The van der Waals surface area contributed by atoms with Gasteiger partial charge in [-0.1, -0.05) is 0 Å². The second kappa shape index (κ2) is 8.90. The fraction of sp³-hybridized carbons (Fsp3) is 0.720. The summed E-state index contributed by atoms with van der Waals surface area (Å²) in [5.74, 6) is -1.56. The van der Waals surface area contributed by atoms with Crippen LogP contribution in [0.4, 0.5) is 14.5 Å².